The normalized spacial score (nSPS) is 32.0. The van der Waals surface area contributed by atoms with Crippen molar-refractivity contribution < 1.29 is 9.53 Å². The topological polar surface area (TPSA) is 77.2 Å². The van der Waals surface area contributed by atoms with Crippen molar-refractivity contribution in [2.75, 3.05) is 6.61 Å². The van der Waals surface area contributed by atoms with Gasteiger partial charge in [0, 0.05) is 36.9 Å². The molecule has 1 amide bonds. The van der Waals surface area contributed by atoms with E-state index < -0.39 is 0 Å². The van der Waals surface area contributed by atoms with Gasteiger partial charge in [0.05, 0.1) is 12.1 Å². The highest BCUT2D eigenvalue weighted by Gasteiger charge is 2.50. The van der Waals surface area contributed by atoms with Crippen LogP contribution in [0.25, 0.3) is 0 Å². The molecule has 1 aliphatic heterocycles. The zero-order chi connectivity index (χ0) is 13.9. The average Bonchev–Trinajstić information content (AvgIpc) is 2.51. The number of aryl methyl sites for hydroxylation is 1. The van der Waals surface area contributed by atoms with E-state index in [0.717, 1.165) is 25.1 Å². The Morgan fingerprint density at radius 3 is 3.20 bits per heavy atom. The van der Waals surface area contributed by atoms with Crippen LogP contribution in [0, 0.1) is 5.92 Å². The first-order chi connectivity index (χ1) is 9.75. The highest BCUT2D eigenvalue weighted by atomic mass is 16.5. The summed E-state index contributed by atoms with van der Waals surface area (Å²) in [5.41, 5.74) is 7.06. The number of fused-ring (bicyclic) bond motifs is 1. The molecule has 2 fully saturated rings. The van der Waals surface area contributed by atoms with E-state index in [1.807, 2.05) is 18.2 Å². The summed E-state index contributed by atoms with van der Waals surface area (Å²) in [5, 5.41) is 3.02. The van der Waals surface area contributed by atoms with Crippen LogP contribution in [0.15, 0.2) is 24.4 Å². The zero-order valence-electron chi connectivity index (χ0n) is 11.5. The molecule has 5 nitrogen and oxygen atoms in total. The predicted molar refractivity (Wildman–Crippen MR) is 74.9 cm³/mol. The molecule has 4 unspecified atom stereocenters. The van der Waals surface area contributed by atoms with Gasteiger partial charge in [-0.05, 0) is 31.4 Å². The molecule has 1 saturated heterocycles. The van der Waals surface area contributed by atoms with Crippen LogP contribution in [0.1, 0.15) is 25.0 Å². The van der Waals surface area contributed by atoms with Crippen molar-refractivity contribution in [1.29, 1.82) is 0 Å². The number of aromatic nitrogens is 1. The van der Waals surface area contributed by atoms with Crippen molar-refractivity contribution in [3.05, 3.63) is 30.1 Å². The number of rotatable bonds is 4. The Kier molecular flexibility index (Phi) is 3.98. The van der Waals surface area contributed by atoms with Gasteiger partial charge in [-0.2, -0.15) is 0 Å². The smallest absolute Gasteiger partial charge is 0.220 e. The summed E-state index contributed by atoms with van der Waals surface area (Å²) in [4.78, 5) is 16.2. The van der Waals surface area contributed by atoms with Gasteiger partial charge in [-0.1, -0.05) is 6.07 Å². The summed E-state index contributed by atoms with van der Waals surface area (Å²) in [7, 11) is 0. The Hall–Kier alpha value is -1.46. The molecule has 0 spiro atoms. The van der Waals surface area contributed by atoms with Crippen molar-refractivity contribution in [3.8, 4) is 0 Å². The fourth-order valence-corrected chi connectivity index (χ4v) is 3.17. The van der Waals surface area contributed by atoms with Crippen LogP contribution in [0.4, 0.5) is 0 Å². The molecule has 108 valence electrons. The molecule has 4 atom stereocenters. The molecule has 1 aromatic heterocycles. The van der Waals surface area contributed by atoms with E-state index >= 15 is 0 Å². The molecule has 0 aromatic carbocycles. The lowest BCUT2D eigenvalue weighted by Gasteiger charge is -2.52. The van der Waals surface area contributed by atoms with Crippen LogP contribution in [0.2, 0.25) is 0 Å². The van der Waals surface area contributed by atoms with Crippen molar-refractivity contribution in [2.24, 2.45) is 11.7 Å². The molecule has 3 rings (SSSR count). The second-order valence-electron chi connectivity index (χ2n) is 5.63. The molecule has 1 saturated carbocycles. The second-order valence-corrected chi connectivity index (χ2v) is 5.63. The van der Waals surface area contributed by atoms with Gasteiger partial charge < -0.3 is 15.8 Å². The molecule has 0 bridgehead atoms. The lowest BCUT2D eigenvalue weighted by molar-refractivity contribution is -0.139. The molecule has 2 aliphatic rings. The molecule has 1 aromatic rings. The first-order valence-corrected chi connectivity index (χ1v) is 7.32. The number of hydrogen-bond donors (Lipinski definition) is 2. The van der Waals surface area contributed by atoms with Gasteiger partial charge in [-0.15, -0.1) is 0 Å². The van der Waals surface area contributed by atoms with Gasteiger partial charge in [0.2, 0.25) is 5.91 Å². The highest BCUT2D eigenvalue weighted by molar-refractivity contribution is 5.76. The van der Waals surface area contributed by atoms with Crippen LogP contribution >= 0.6 is 0 Å². The minimum absolute atomic E-state index is 0.0171. The van der Waals surface area contributed by atoms with Crippen molar-refractivity contribution in [2.45, 2.75) is 43.9 Å². The Balaban J connectivity index is 1.47. The third-order valence-electron chi connectivity index (χ3n) is 4.34. The van der Waals surface area contributed by atoms with Gasteiger partial charge in [0.25, 0.3) is 0 Å². The number of ether oxygens (including phenoxy) is 1. The molecule has 0 radical (unpaired) electrons. The van der Waals surface area contributed by atoms with Crippen LogP contribution in [0.5, 0.6) is 0 Å². The van der Waals surface area contributed by atoms with Crippen LogP contribution in [0.3, 0.4) is 0 Å². The largest absolute Gasteiger partial charge is 0.376 e. The number of nitrogens with two attached hydrogens (primary N) is 1. The van der Waals surface area contributed by atoms with Crippen molar-refractivity contribution in [1.82, 2.24) is 10.3 Å². The number of nitrogens with one attached hydrogen (secondary N) is 1. The SMILES string of the molecule is NC1C2CCCOC2C1NC(=O)CCc1ccccn1. The monoisotopic (exact) mass is 275 g/mol. The summed E-state index contributed by atoms with van der Waals surface area (Å²) in [6.07, 6.45) is 5.16. The summed E-state index contributed by atoms with van der Waals surface area (Å²) in [6, 6.07) is 5.76. The van der Waals surface area contributed by atoms with E-state index in [0.29, 0.717) is 18.8 Å². The Labute approximate surface area is 118 Å². The predicted octanol–water partition coefficient (Wildman–Crippen LogP) is 0.635. The molecular weight excluding hydrogens is 254 g/mol. The number of amides is 1. The molecular formula is C15H21N3O2. The minimum Gasteiger partial charge on any atom is -0.376 e. The Morgan fingerprint density at radius 1 is 1.50 bits per heavy atom. The Morgan fingerprint density at radius 2 is 2.40 bits per heavy atom. The molecule has 20 heavy (non-hydrogen) atoms. The first-order valence-electron chi connectivity index (χ1n) is 7.32. The maximum Gasteiger partial charge on any atom is 0.220 e. The van der Waals surface area contributed by atoms with Gasteiger partial charge in [-0.25, -0.2) is 0 Å². The second kappa shape index (κ2) is 5.89. The lowest BCUT2D eigenvalue weighted by atomic mass is 9.68. The fraction of sp³-hybridized carbons (Fsp3) is 0.600. The zero-order valence-corrected chi connectivity index (χ0v) is 11.5. The third-order valence-corrected chi connectivity index (χ3v) is 4.34. The van der Waals surface area contributed by atoms with Gasteiger partial charge in [0.15, 0.2) is 0 Å². The van der Waals surface area contributed by atoms with Crippen LogP contribution in [-0.4, -0.2) is 35.7 Å². The summed E-state index contributed by atoms with van der Waals surface area (Å²) in [6.45, 7) is 0.786. The number of carbonyl (C=O) groups excluding carboxylic acids is 1. The molecule has 2 heterocycles. The quantitative estimate of drug-likeness (QED) is 0.845. The van der Waals surface area contributed by atoms with E-state index in [-0.39, 0.29) is 24.1 Å². The summed E-state index contributed by atoms with van der Waals surface area (Å²) >= 11 is 0. The van der Waals surface area contributed by atoms with E-state index in [1.54, 1.807) is 6.20 Å². The maximum absolute atomic E-state index is 12.0. The van der Waals surface area contributed by atoms with Crippen molar-refractivity contribution >= 4 is 5.91 Å². The van der Waals surface area contributed by atoms with Gasteiger partial charge in [0.1, 0.15) is 0 Å². The van der Waals surface area contributed by atoms with E-state index in [9.17, 15) is 4.79 Å². The Bertz CT molecular complexity index is 465. The van der Waals surface area contributed by atoms with E-state index in [4.69, 9.17) is 10.5 Å². The molecule has 3 N–H and O–H groups in total. The standard InChI is InChI=1S/C15H21N3O2/c16-13-11-5-3-9-20-15(11)14(13)18-12(19)7-6-10-4-1-2-8-17-10/h1-2,4,8,11,13-15H,3,5-7,9,16H2,(H,18,19). The number of nitrogens with zero attached hydrogens (tertiary/aromatic N) is 1. The lowest BCUT2D eigenvalue weighted by Crippen LogP contribution is -2.72. The number of hydrogen-bond acceptors (Lipinski definition) is 4. The van der Waals surface area contributed by atoms with Crippen molar-refractivity contribution in [3.63, 3.8) is 0 Å². The molecule has 1 aliphatic carbocycles. The number of carbonyl (C=O) groups is 1. The average molecular weight is 275 g/mol. The van der Waals surface area contributed by atoms with Crippen LogP contribution < -0.4 is 11.1 Å². The number of pyridine rings is 1. The molecule has 5 heteroatoms. The first kappa shape index (κ1) is 13.5. The van der Waals surface area contributed by atoms with Gasteiger partial charge >= 0.3 is 0 Å². The van der Waals surface area contributed by atoms with Crippen LogP contribution in [-0.2, 0) is 16.0 Å². The summed E-state index contributed by atoms with van der Waals surface area (Å²) < 4.78 is 5.72. The van der Waals surface area contributed by atoms with E-state index in [2.05, 4.69) is 10.3 Å². The summed E-state index contributed by atoms with van der Waals surface area (Å²) in [5.74, 6) is 0.452. The van der Waals surface area contributed by atoms with E-state index in [1.165, 1.54) is 0 Å². The minimum atomic E-state index is -0.0171. The third kappa shape index (κ3) is 2.69. The highest BCUT2D eigenvalue weighted by Crippen LogP contribution is 2.36. The maximum atomic E-state index is 12.0. The fourth-order valence-electron chi connectivity index (χ4n) is 3.17. The van der Waals surface area contributed by atoms with Gasteiger partial charge in [-0.3, -0.25) is 9.78 Å².